The maximum Gasteiger partial charge on any atom is 0.0458 e. The fourth-order valence-electron chi connectivity index (χ4n) is 3.70. The van der Waals surface area contributed by atoms with Gasteiger partial charge < -0.3 is 10.3 Å². The van der Waals surface area contributed by atoms with Crippen molar-refractivity contribution in [2.75, 3.05) is 0 Å². The summed E-state index contributed by atoms with van der Waals surface area (Å²) >= 11 is 0. The molecule has 1 aromatic heterocycles. The number of hydrogen-bond donors (Lipinski definition) is 2. The molecule has 2 aromatic carbocycles. The van der Waals surface area contributed by atoms with E-state index >= 15 is 0 Å². The average Bonchev–Trinajstić information content (AvgIpc) is 2.94. The number of para-hydroxylation sites is 1. The van der Waals surface area contributed by atoms with Crippen molar-refractivity contribution in [2.24, 2.45) is 0 Å². The molecule has 2 N–H and O–H groups in total. The van der Waals surface area contributed by atoms with Crippen LogP contribution in [0.4, 0.5) is 0 Å². The second kappa shape index (κ2) is 6.77. The van der Waals surface area contributed by atoms with Crippen LogP contribution in [0.25, 0.3) is 10.9 Å². The molecule has 0 saturated carbocycles. The summed E-state index contributed by atoms with van der Waals surface area (Å²) in [5.41, 5.74) is 5.60. The molecule has 0 radical (unpaired) electrons. The summed E-state index contributed by atoms with van der Waals surface area (Å²) < 4.78 is 0. The molecule has 3 heteroatoms. The summed E-state index contributed by atoms with van der Waals surface area (Å²) in [6.07, 6.45) is 3.47. The molecule has 1 aliphatic rings. The van der Waals surface area contributed by atoms with Crippen LogP contribution < -0.4 is 5.32 Å². The molecule has 0 spiro atoms. The Balaban J connectivity index is 0.00000156. The van der Waals surface area contributed by atoms with Gasteiger partial charge in [-0.2, -0.15) is 0 Å². The van der Waals surface area contributed by atoms with Crippen molar-refractivity contribution in [3.63, 3.8) is 0 Å². The van der Waals surface area contributed by atoms with Crippen LogP contribution in [-0.2, 0) is 12.8 Å². The summed E-state index contributed by atoms with van der Waals surface area (Å²) in [6.45, 7) is 2.26. The summed E-state index contributed by atoms with van der Waals surface area (Å²) in [5.74, 6) is 0. The molecule has 0 bridgehead atoms. The van der Waals surface area contributed by atoms with Crippen molar-refractivity contribution < 1.29 is 0 Å². The Hall–Kier alpha value is -1.77. The monoisotopic (exact) mass is 326 g/mol. The van der Waals surface area contributed by atoms with Crippen molar-refractivity contribution in [1.29, 1.82) is 0 Å². The number of aromatic amines is 1. The highest BCUT2D eigenvalue weighted by atomic mass is 35.5. The van der Waals surface area contributed by atoms with Crippen molar-refractivity contribution in [3.8, 4) is 0 Å². The van der Waals surface area contributed by atoms with Crippen LogP contribution in [0, 0.1) is 0 Å². The molecule has 0 aliphatic heterocycles. The molecule has 2 atom stereocenters. The maximum atomic E-state index is 3.82. The fourth-order valence-corrected chi connectivity index (χ4v) is 3.70. The number of fused-ring (bicyclic) bond motifs is 3. The van der Waals surface area contributed by atoms with Crippen LogP contribution in [0.5, 0.6) is 0 Å². The molecule has 120 valence electrons. The lowest BCUT2D eigenvalue weighted by Gasteiger charge is -2.27. The number of hydrogen-bond acceptors (Lipinski definition) is 1. The molecule has 0 amide bonds. The van der Waals surface area contributed by atoms with Crippen LogP contribution in [-0.4, -0.2) is 11.0 Å². The molecule has 1 heterocycles. The van der Waals surface area contributed by atoms with Gasteiger partial charge in [-0.15, -0.1) is 12.4 Å². The van der Waals surface area contributed by atoms with E-state index in [2.05, 4.69) is 71.8 Å². The first kappa shape index (κ1) is 16.1. The number of H-pyrrole nitrogens is 1. The Morgan fingerprint density at radius 2 is 1.78 bits per heavy atom. The smallest absolute Gasteiger partial charge is 0.0458 e. The average molecular weight is 327 g/mol. The third kappa shape index (κ3) is 3.15. The van der Waals surface area contributed by atoms with Crippen LogP contribution in [0.15, 0.2) is 54.6 Å². The molecule has 23 heavy (non-hydrogen) atoms. The lowest BCUT2D eigenvalue weighted by Crippen LogP contribution is -2.36. The topological polar surface area (TPSA) is 27.8 Å². The lowest BCUT2D eigenvalue weighted by molar-refractivity contribution is 0.413. The van der Waals surface area contributed by atoms with Gasteiger partial charge in [0.2, 0.25) is 0 Å². The van der Waals surface area contributed by atoms with Gasteiger partial charge in [0.15, 0.2) is 0 Å². The molecule has 0 fully saturated rings. The van der Waals surface area contributed by atoms with E-state index in [-0.39, 0.29) is 12.4 Å². The molecule has 3 aromatic rings. The van der Waals surface area contributed by atoms with E-state index in [1.54, 1.807) is 0 Å². The van der Waals surface area contributed by atoms with E-state index in [0.29, 0.717) is 12.1 Å². The Labute approximate surface area is 143 Å². The molecule has 0 saturated heterocycles. The zero-order valence-electron chi connectivity index (χ0n) is 13.4. The van der Waals surface area contributed by atoms with Crippen molar-refractivity contribution in [3.05, 3.63) is 71.4 Å². The number of aromatic nitrogens is 1. The highest BCUT2D eigenvalue weighted by molar-refractivity contribution is 5.85. The van der Waals surface area contributed by atoms with Gasteiger partial charge in [0.1, 0.15) is 0 Å². The van der Waals surface area contributed by atoms with E-state index in [9.17, 15) is 0 Å². The minimum Gasteiger partial charge on any atom is -0.358 e. The number of rotatable bonds is 3. The highest BCUT2D eigenvalue weighted by Gasteiger charge is 2.23. The second-order valence-corrected chi connectivity index (χ2v) is 6.37. The van der Waals surface area contributed by atoms with E-state index in [0.717, 1.165) is 12.8 Å². The molecule has 0 unspecified atom stereocenters. The van der Waals surface area contributed by atoms with Crippen molar-refractivity contribution in [1.82, 2.24) is 10.3 Å². The van der Waals surface area contributed by atoms with E-state index in [1.165, 1.54) is 34.1 Å². The largest absolute Gasteiger partial charge is 0.358 e. The highest BCUT2D eigenvalue weighted by Crippen LogP contribution is 2.29. The zero-order chi connectivity index (χ0) is 14.9. The lowest BCUT2D eigenvalue weighted by atomic mass is 9.90. The Morgan fingerprint density at radius 1 is 1.04 bits per heavy atom. The first-order chi connectivity index (χ1) is 10.8. The number of benzene rings is 2. The third-order valence-corrected chi connectivity index (χ3v) is 4.88. The summed E-state index contributed by atoms with van der Waals surface area (Å²) in [6, 6.07) is 20.4. The summed E-state index contributed by atoms with van der Waals surface area (Å²) in [4.78, 5) is 3.59. The standard InChI is InChI=1S/C20H22N2.ClH/c1-14(15-7-3-2-4-8-15)21-16-11-12-20-18(13-16)17-9-5-6-10-19(17)22-20;/h2-10,14,16,21-22H,11-13H2,1H3;1H/t14-,16+;/m0./s1. The molecule has 1 aliphatic carbocycles. The van der Waals surface area contributed by atoms with Gasteiger partial charge in [-0.1, -0.05) is 48.5 Å². The second-order valence-electron chi connectivity index (χ2n) is 6.37. The van der Waals surface area contributed by atoms with Gasteiger partial charge in [-0.3, -0.25) is 0 Å². The predicted octanol–water partition coefficient (Wildman–Crippen LogP) is 4.80. The quantitative estimate of drug-likeness (QED) is 0.711. The first-order valence-electron chi connectivity index (χ1n) is 8.21. The van der Waals surface area contributed by atoms with Crippen molar-refractivity contribution >= 4 is 23.3 Å². The van der Waals surface area contributed by atoms with Gasteiger partial charge in [0.05, 0.1) is 0 Å². The predicted molar refractivity (Wildman–Crippen MR) is 99.4 cm³/mol. The van der Waals surface area contributed by atoms with E-state index in [1.807, 2.05) is 0 Å². The Bertz CT molecular complexity index is 779. The number of halogens is 1. The minimum atomic E-state index is 0. The summed E-state index contributed by atoms with van der Waals surface area (Å²) in [7, 11) is 0. The van der Waals surface area contributed by atoms with Gasteiger partial charge in [-0.25, -0.2) is 0 Å². The normalized spacial score (nSPS) is 18.2. The molecular formula is C20H23ClN2. The van der Waals surface area contributed by atoms with Crippen LogP contribution >= 0.6 is 12.4 Å². The third-order valence-electron chi connectivity index (χ3n) is 4.88. The Kier molecular flexibility index (Phi) is 4.74. The SMILES string of the molecule is C[C@H](N[C@@H]1CCc2[nH]c3ccccc3c2C1)c1ccccc1.Cl. The van der Waals surface area contributed by atoms with Gasteiger partial charge in [0.25, 0.3) is 0 Å². The molecule has 2 nitrogen and oxygen atoms in total. The van der Waals surface area contributed by atoms with Gasteiger partial charge >= 0.3 is 0 Å². The molecule has 4 rings (SSSR count). The minimum absolute atomic E-state index is 0. The molecular weight excluding hydrogens is 304 g/mol. The maximum absolute atomic E-state index is 3.82. The van der Waals surface area contributed by atoms with Gasteiger partial charge in [-0.05, 0) is 43.4 Å². The fraction of sp³-hybridized carbons (Fsp3) is 0.300. The van der Waals surface area contributed by atoms with E-state index < -0.39 is 0 Å². The summed E-state index contributed by atoms with van der Waals surface area (Å²) in [5, 5.41) is 5.22. The Morgan fingerprint density at radius 3 is 2.61 bits per heavy atom. The van der Waals surface area contributed by atoms with Crippen LogP contribution in [0.1, 0.15) is 36.2 Å². The van der Waals surface area contributed by atoms with Gasteiger partial charge in [0, 0.05) is 28.7 Å². The number of nitrogens with one attached hydrogen (secondary N) is 2. The van der Waals surface area contributed by atoms with Crippen molar-refractivity contribution in [2.45, 2.75) is 38.3 Å². The number of aryl methyl sites for hydroxylation is 1. The first-order valence-corrected chi connectivity index (χ1v) is 8.21. The van der Waals surface area contributed by atoms with Crippen LogP contribution in [0.3, 0.4) is 0 Å². The van der Waals surface area contributed by atoms with Crippen LogP contribution in [0.2, 0.25) is 0 Å². The van der Waals surface area contributed by atoms with E-state index in [4.69, 9.17) is 0 Å². The zero-order valence-corrected chi connectivity index (χ0v) is 14.2.